The molecule has 5 aliphatic rings. The fourth-order valence-corrected chi connectivity index (χ4v) is 12.7. The van der Waals surface area contributed by atoms with Gasteiger partial charge >= 0.3 is 11.9 Å². The van der Waals surface area contributed by atoms with Gasteiger partial charge in [-0.1, -0.05) is 118 Å². The van der Waals surface area contributed by atoms with Gasteiger partial charge in [0.2, 0.25) is 0 Å². The molecule has 0 aromatic carbocycles. The number of esters is 1. The predicted molar refractivity (Wildman–Crippen MR) is 198 cm³/mol. The lowest BCUT2D eigenvalue weighted by Crippen LogP contribution is -2.66. The van der Waals surface area contributed by atoms with Gasteiger partial charge in [0.15, 0.2) is 5.78 Å². The lowest BCUT2D eigenvalue weighted by Gasteiger charge is -2.70. The van der Waals surface area contributed by atoms with Crippen molar-refractivity contribution >= 4 is 17.7 Å². The normalized spacial score (nSPS) is 41.1. The quantitative estimate of drug-likeness (QED) is 0.146. The van der Waals surface area contributed by atoms with Gasteiger partial charge in [-0.05, 0) is 111 Å². The highest BCUT2D eigenvalue weighted by atomic mass is 16.5. The molecule has 278 valence electrons. The van der Waals surface area contributed by atoms with Crippen LogP contribution in [0.15, 0.2) is 11.6 Å². The van der Waals surface area contributed by atoms with Gasteiger partial charge in [0.05, 0.1) is 5.41 Å². The average molecular weight is 681 g/mol. The molecule has 5 nitrogen and oxygen atoms in total. The highest BCUT2D eigenvalue weighted by Crippen LogP contribution is 2.75. The summed E-state index contributed by atoms with van der Waals surface area (Å²) in [6, 6.07) is 0. The molecule has 5 rings (SSSR count). The number of carbonyl (C=O) groups is 3. The lowest BCUT2D eigenvalue weighted by atomic mass is 9.33. The van der Waals surface area contributed by atoms with Gasteiger partial charge in [0.1, 0.15) is 6.10 Å². The van der Waals surface area contributed by atoms with Crippen molar-refractivity contribution in [3.05, 3.63) is 11.6 Å². The molecule has 0 unspecified atom stereocenters. The van der Waals surface area contributed by atoms with E-state index in [1.54, 1.807) is 0 Å². The monoisotopic (exact) mass is 681 g/mol. The first-order valence-electron chi connectivity index (χ1n) is 20.7. The Balaban J connectivity index is 1.23. The molecule has 0 aliphatic heterocycles. The van der Waals surface area contributed by atoms with Gasteiger partial charge in [-0.2, -0.15) is 0 Å². The zero-order valence-electron chi connectivity index (χ0n) is 32.8. The fraction of sp³-hybridized carbons (Fsp3) is 0.886. The molecular weight excluding hydrogens is 608 g/mol. The van der Waals surface area contributed by atoms with E-state index in [2.05, 4.69) is 48.5 Å². The van der Waals surface area contributed by atoms with Crippen LogP contribution in [0.5, 0.6) is 0 Å². The number of rotatable bonds is 14. The number of unbranched alkanes of at least 4 members (excludes halogenated alkanes) is 10. The van der Waals surface area contributed by atoms with Crippen LogP contribution in [-0.2, 0) is 19.1 Å². The molecule has 0 spiro atoms. The molecule has 4 fully saturated rings. The Morgan fingerprint density at radius 1 is 0.776 bits per heavy atom. The highest BCUT2D eigenvalue weighted by Gasteiger charge is 2.70. The summed E-state index contributed by atoms with van der Waals surface area (Å²) in [6.07, 6.45) is 24.6. The Kier molecular flexibility index (Phi) is 11.3. The minimum Gasteiger partial charge on any atom is -0.481 e. The summed E-state index contributed by atoms with van der Waals surface area (Å²) < 4.78 is 6.31. The summed E-state index contributed by atoms with van der Waals surface area (Å²) in [5, 5.41) is 10.2. The van der Waals surface area contributed by atoms with E-state index in [1.165, 1.54) is 63.4 Å². The van der Waals surface area contributed by atoms with Gasteiger partial charge in [-0.25, -0.2) is 0 Å². The smallest absolute Gasteiger partial charge is 0.309 e. The minimum absolute atomic E-state index is 0.0434. The van der Waals surface area contributed by atoms with Crippen molar-refractivity contribution in [2.24, 2.45) is 50.2 Å². The molecule has 9 atom stereocenters. The van der Waals surface area contributed by atoms with Gasteiger partial charge in [-0.3, -0.25) is 14.4 Å². The molecule has 1 N–H and O–H groups in total. The number of carboxylic acids is 1. The maximum atomic E-state index is 14.6. The standard InChI is InChI=1S/C44H72O5/c1-9-10-11-12-13-14-15-16-17-18-19-20-36(46)49-35-22-23-42(6)34(39(35,2)3)21-24-44(8)37(42)33(45)29-31-32-30-41(5,38(47)48)26-25-40(32,4)27-28-43(31,44)7/h29,32,34-35,37H,9-28,30H2,1-8H3,(H,47,48)/t32-,34-,35-,37+,40+,41-,42-,43+,44+/m0/s1. The summed E-state index contributed by atoms with van der Waals surface area (Å²) in [5.74, 6) is -0.0955. The van der Waals surface area contributed by atoms with Crippen LogP contribution >= 0.6 is 0 Å². The minimum atomic E-state index is -0.735. The van der Waals surface area contributed by atoms with Crippen molar-refractivity contribution in [2.75, 3.05) is 0 Å². The van der Waals surface area contributed by atoms with E-state index >= 15 is 0 Å². The van der Waals surface area contributed by atoms with Gasteiger partial charge in [0, 0.05) is 17.8 Å². The van der Waals surface area contributed by atoms with Crippen molar-refractivity contribution in [3.8, 4) is 0 Å². The number of ether oxygens (including phenoxy) is 1. The van der Waals surface area contributed by atoms with Crippen LogP contribution in [0.3, 0.4) is 0 Å². The highest BCUT2D eigenvalue weighted by molar-refractivity contribution is 5.95. The second-order valence-corrected chi connectivity index (χ2v) is 19.7. The van der Waals surface area contributed by atoms with E-state index in [4.69, 9.17) is 4.74 Å². The van der Waals surface area contributed by atoms with Gasteiger partial charge < -0.3 is 9.84 Å². The first-order valence-corrected chi connectivity index (χ1v) is 20.7. The zero-order valence-corrected chi connectivity index (χ0v) is 32.8. The van der Waals surface area contributed by atoms with Crippen LogP contribution in [0.4, 0.5) is 0 Å². The maximum absolute atomic E-state index is 14.6. The fourth-order valence-electron chi connectivity index (χ4n) is 12.7. The Labute approximate surface area is 299 Å². The van der Waals surface area contributed by atoms with Crippen LogP contribution in [0.25, 0.3) is 0 Å². The van der Waals surface area contributed by atoms with Crippen LogP contribution < -0.4 is 0 Å². The van der Waals surface area contributed by atoms with E-state index < -0.39 is 11.4 Å². The van der Waals surface area contributed by atoms with Crippen LogP contribution in [-0.4, -0.2) is 28.9 Å². The molecule has 0 heterocycles. The van der Waals surface area contributed by atoms with E-state index in [0.29, 0.717) is 25.2 Å². The number of carboxylic acid groups (broad SMARTS) is 1. The third kappa shape index (κ3) is 6.85. The molecule has 0 amide bonds. The van der Waals surface area contributed by atoms with E-state index in [0.717, 1.165) is 57.8 Å². The second kappa shape index (κ2) is 14.4. The third-order valence-corrected chi connectivity index (χ3v) is 16.3. The predicted octanol–water partition coefficient (Wildman–Crippen LogP) is 11.7. The molecule has 0 aromatic rings. The number of ketones is 1. The molecule has 0 aromatic heterocycles. The molecule has 0 radical (unpaired) electrons. The van der Waals surface area contributed by atoms with Crippen molar-refractivity contribution in [2.45, 2.75) is 196 Å². The Bertz CT molecular complexity index is 1270. The number of carbonyl (C=O) groups excluding carboxylic acids is 2. The Morgan fingerprint density at radius 3 is 1.98 bits per heavy atom. The summed E-state index contributed by atoms with van der Waals surface area (Å²) in [4.78, 5) is 40.2. The van der Waals surface area contributed by atoms with Crippen LogP contribution in [0.1, 0.15) is 190 Å². The second-order valence-electron chi connectivity index (χ2n) is 19.7. The van der Waals surface area contributed by atoms with E-state index in [9.17, 15) is 19.5 Å². The SMILES string of the molecule is CCCCCCCCCCCCCC(=O)O[C@H]1CC[C@]2(C)[C@H]3C(=O)C=C4[C@@H]5C[C@@](C)(C(=O)O)CC[C@]5(C)CC[C@@]4(C)[C@]3(C)CC[C@H]2C1(C)C. The molecule has 0 saturated heterocycles. The lowest BCUT2D eigenvalue weighted by molar-refractivity contribution is -0.211. The van der Waals surface area contributed by atoms with Gasteiger partial charge in [-0.15, -0.1) is 0 Å². The largest absolute Gasteiger partial charge is 0.481 e. The van der Waals surface area contributed by atoms with Crippen LogP contribution in [0, 0.1) is 50.2 Å². The van der Waals surface area contributed by atoms with E-state index in [-0.39, 0.29) is 56.8 Å². The van der Waals surface area contributed by atoms with Crippen molar-refractivity contribution in [3.63, 3.8) is 0 Å². The van der Waals surface area contributed by atoms with Gasteiger partial charge in [0.25, 0.3) is 0 Å². The number of aliphatic carboxylic acids is 1. The number of allylic oxidation sites excluding steroid dienone is 2. The zero-order chi connectivity index (χ0) is 35.9. The third-order valence-electron chi connectivity index (χ3n) is 16.3. The first-order chi connectivity index (χ1) is 23.0. The summed E-state index contributed by atoms with van der Waals surface area (Å²) in [7, 11) is 0. The Hall–Kier alpha value is -1.65. The Morgan fingerprint density at radius 2 is 1.37 bits per heavy atom. The topological polar surface area (TPSA) is 80.7 Å². The molecule has 5 heteroatoms. The van der Waals surface area contributed by atoms with Crippen LogP contribution in [0.2, 0.25) is 0 Å². The molecular formula is C44H72O5. The maximum Gasteiger partial charge on any atom is 0.309 e. The number of hydrogen-bond acceptors (Lipinski definition) is 4. The van der Waals surface area contributed by atoms with Crippen molar-refractivity contribution < 1.29 is 24.2 Å². The van der Waals surface area contributed by atoms with Crippen molar-refractivity contribution in [1.29, 1.82) is 0 Å². The van der Waals surface area contributed by atoms with Crippen molar-refractivity contribution in [1.82, 2.24) is 0 Å². The summed E-state index contributed by atoms with van der Waals surface area (Å²) in [6.45, 7) is 18.4. The average Bonchev–Trinajstić information content (AvgIpc) is 3.03. The molecule has 0 bridgehead atoms. The summed E-state index contributed by atoms with van der Waals surface area (Å²) >= 11 is 0. The number of hydrogen-bond donors (Lipinski definition) is 1. The van der Waals surface area contributed by atoms with E-state index in [1.807, 2.05) is 13.0 Å². The summed E-state index contributed by atoms with van der Waals surface area (Å²) in [5.41, 5.74) is -0.0774. The molecule has 49 heavy (non-hydrogen) atoms. The number of fused-ring (bicyclic) bond motifs is 7. The first kappa shape index (κ1) is 38.6. The molecule has 5 aliphatic carbocycles. The molecule has 4 saturated carbocycles.